The predicted molar refractivity (Wildman–Crippen MR) is 138 cm³/mol. The first-order chi connectivity index (χ1) is 17.4. The number of aryl methyl sites for hydroxylation is 1. The fourth-order valence-electron chi connectivity index (χ4n) is 4.10. The topological polar surface area (TPSA) is 83.7 Å². The number of nitrogens with zero attached hydrogens (tertiary/aromatic N) is 4. The molecule has 10 heteroatoms. The number of benzene rings is 1. The molecule has 4 heterocycles. The van der Waals surface area contributed by atoms with Gasteiger partial charge < -0.3 is 10.1 Å². The van der Waals surface area contributed by atoms with Crippen LogP contribution in [0.1, 0.15) is 16.8 Å². The monoisotopic (exact) mass is 523 g/mol. The highest BCUT2D eigenvalue weighted by Gasteiger charge is 2.20. The van der Waals surface area contributed by atoms with Gasteiger partial charge in [0.25, 0.3) is 0 Å². The first-order valence-electron chi connectivity index (χ1n) is 11.3. The molecule has 0 aliphatic carbocycles. The van der Waals surface area contributed by atoms with Crippen LogP contribution >= 0.6 is 19.5 Å². The summed E-state index contributed by atoms with van der Waals surface area (Å²) in [5.41, 5.74) is 3.90. The smallest absolute Gasteiger partial charge is 0.151 e. The highest BCUT2D eigenvalue weighted by atomic mass is 35.5. The van der Waals surface area contributed by atoms with Crippen LogP contribution in [0.3, 0.4) is 0 Å². The van der Waals surface area contributed by atoms with Gasteiger partial charge in [0.05, 0.1) is 52.2 Å². The number of fused-ring (bicyclic) bond motifs is 1. The van der Waals surface area contributed by atoms with Crippen LogP contribution in [0.25, 0.3) is 22.3 Å². The van der Waals surface area contributed by atoms with E-state index >= 15 is 4.39 Å². The van der Waals surface area contributed by atoms with Gasteiger partial charge in [0.1, 0.15) is 17.0 Å². The lowest BCUT2D eigenvalue weighted by atomic mass is 10.1. The van der Waals surface area contributed by atoms with E-state index in [4.69, 9.17) is 21.6 Å². The Kier molecular flexibility index (Phi) is 7.06. The lowest BCUT2D eigenvalue weighted by Crippen LogP contribution is -2.20. The number of rotatable bonds is 5. The maximum atomic E-state index is 15.1. The maximum Gasteiger partial charge on any atom is 0.151 e. The average molecular weight is 524 g/mol. The molecule has 0 radical (unpaired) electrons. The summed E-state index contributed by atoms with van der Waals surface area (Å²) in [5.74, 6) is -0.980. The molecule has 0 atom stereocenters. The summed E-state index contributed by atoms with van der Waals surface area (Å²) in [4.78, 5) is 13.6. The van der Waals surface area contributed by atoms with Crippen molar-refractivity contribution >= 4 is 41.7 Å². The molecule has 182 valence electrons. The van der Waals surface area contributed by atoms with Gasteiger partial charge in [-0.2, -0.15) is 5.26 Å². The summed E-state index contributed by atoms with van der Waals surface area (Å²) < 4.78 is 34.9. The molecule has 6 nitrogen and oxygen atoms in total. The number of ether oxygens (including phenoxy) is 1. The van der Waals surface area contributed by atoms with E-state index in [0.29, 0.717) is 44.1 Å². The lowest BCUT2D eigenvalue weighted by molar-refractivity contribution is 0.159. The number of halogens is 3. The molecule has 1 aromatic carbocycles. The third-order valence-corrected chi connectivity index (χ3v) is 8.82. The Morgan fingerprint density at radius 2 is 1.92 bits per heavy atom. The van der Waals surface area contributed by atoms with E-state index in [1.54, 1.807) is 13.1 Å². The second-order valence-electron chi connectivity index (χ2n) is 8.35. The molecule has 0 bridgehead atoms. The quantitative estimate of drug-likeness (QED) is 0.345. The third-order valence-electron chi connectivity index (χ3n) is 6.00. The summed E-state index contributed by atoms with van der Waals surface area (Å²) in [7, 11) is -0.369. The number of hydrogen-bond acceptors (Lipinski definition) is 6. The molecule has 1 saturated heterocycles. The van der Waals surface area contributed by atoms with Crippen LogP contribution in [0.2, 0.25) is 5.02 Å². The van der Waals surface area contributed by atoms with Crippen LogP contribution in [0.4, 0.5) is 14.5 Å². The summed E-state index contributed by atoms with van der Waals surface area (Å²) in [6.45, 7) is 3.24. The van der Waals surface area contributed by atoms with Crippen molar-refractivity contribution in [2.45, 2.75) is 13.5 Å². The van der Waals surface area contributed by atoms with Gasteiger partial charge in [0, 0.05) is 29.9 Å². The fraction of sp³-hybridized carbons (Fsp3) is 0.231. The van der Waals surface area contributed by atoms with Crippen LogP contribution < -0.4 is 10.8 Å². The molecular formula is C26H21ClF2N5OP. The molecule has 0 unspecified atom stereocenters. The van der Waals surface area contributed by atoms with Gasteiger partial charge in [0.2, 0.25) is 0 Å². The van der Waals surface area contributed by atoms with Gasteiger partial charge in [-0.05, 0) is 49.6 Å². The van der Waals surface area contributed by atoms with E-state index in [0.717, 1.165) is 31.0 Å². The molecule has 1 aliphatic heterocycles. The van der Waals surface area contributed by atoms with E-state index in [-0.39, 0.29) is 20.2 Å². The average Bonchev–Trinajstić information content (AvgIpc) is 2.90. The van der Waals surface area contributed by atoms with Crippen LogP contribution in [-0.2, 0) is 11.3 Å². The van der Waals surface area contributed by atoms with Crippen molar-refractivity contribution in [3.8, 4) is 17.3 Å². The minimum absolute atomic E-state index is 0.0531. The van der Waals surface area contributed by atoms with Crippen molar-refractivity contribution in [1.82, 2.24) is 15.0 Å². The minimum Gasteiger partial charge on any atom is -0.381 e. The van der Waals surface area contributed by atoms with Crippen molar-refractivity contribution in [1.29, 1.82) is 5.26 Å². The largest absolute Gasteiger partial charge is 0.381 e. The number of hydrogen-bond donors (Lipinski definition) is 1. The Morgan fingerprint density at radius 3 is 2.64 bits per heavy atom. The normalized spacial score (nSPS) is 14.1. The van der Waals surface area contributed by atoms with Gasteiger partial charge in [-0.1, -0.05) is 19.5 Å². The van der Waals surface area contributed by atoms with E-state index in [1.807, 2.05) is 18.2 Å². The highest BCUT2D eigenvalue weighted by molar-refractivity contribution is 7.65. The van der Waals surface area contributed by atoms with Crippen molar-refractivity contribution in [3.05, 3.63) is 76.1 Å². The molecule has 5 rings (SSSR count). The van der Waals surface area contributed by atoms with Crippen molar-refractivity contribution < 1.29 is 13.5 Å². The summed E-state index contributed by atoms with van der Waals surface area (Å²) in [6, 6.07) is 11.2. The molecule has 36 heavy (non-hydrogen) atoms. The molecule has 3 aromatic heterocycles. The zero-order valence-electron chi connectivity index (χ0n) is 19.4. The van der Waals surface area contributed by atoms with Crippen LogP contribution in [0.15, 0.2) is 42.6 Å². The van der Waals surface area contributed by atoms with Gasteiger partial charge >= 0.3 is 0 Å². The number of pyridine rings is 3. The Labute approximate surface area is 213 Å². The standard InChI is InChI=1S/C26H21ClF2N5OP/c1-15-23(27)26(32-14-18-10-16(12-30)2-4-19(18)28)25-21(33-15)11-20(29)24(34-25)17-3-5-22(31-13-17)36-8-6-35-7-9-36/h2-5,10-11,13H,6-9,14H2,1H3,(H,32,33). The van der Waals surface area contributed by atoms with E-state index < -0.39 is 11.6 Å². The SMILES string of the molecule is Cc1nc2cc(F)c(-c3ccc(P4CCOCC4)nc3)nc2c(NCc2cc(C#N)ccc2F)c1Cl. The number of anilines is 1. The highest BCUT2D eigenvalue weighted by Crippen LogP contribution is 2.37. The molecule has 0 saturated carbocycles. The minimum atomic E-state index is -0.526. The Balaban J connectivity index is 1.52. The first-order valence-corrected chi connectivity index (χ1v) is 13.4. The lowest BCUT2D eigenvalue weighted by Gasteiger charge is -2.22. The summed E-state index contributed by atoms with van der Waals surface area (Å²) in [5, 5.41) is 12.6. The zero-order chi connectivity index (χ0) is 25.2. The van der Waals surface area contributed by atoms with E-state index in [1.165, 1.54) is 24.3 Å². The predicted octanol–water partition coefficient (Wildman–Crippen LogP) is 5.55. The molecule has 1 N–H and O–H groups in total. The van der Waals surface area contributed by atoms with Gasteiger partial charge in [0.15, 0.2) is 5.82 Å². The van der Waals surface area contributed by atoms with Crippen molar-refractivity contribution in [2.75, 3.05) is 30.9 Å². The number of nitrogens with one attached hydrogen (secondary N) is 1. The van der Waals surface area contributed by atoms with Gasteiger partial charge in [-0.15, -0.1) is 0 Å². The second-order valence-corrected chi connectivity index (χ2v) is 11.2. The molecule has 0 amide bonds. The number of aromatic nitrogens is 3. The van der Waals surface area contributed by atoms with Crippen LogP contribution in [-0.4, -0.2) is 40.5 Å². The summed E-state index contributed by atoms with van der Waals surface area (Å²) in [6.07, 6.45) is 3.59. The zero-order valence-corrected chi connectivity index (χ0v) is 21.0. The Hall–Kier alpha value is -3.24. The fourth-order valence-corrected chi connectivity index (χ4v) is 6.18. The molecule has 4 aromatic rings. The van der Waals surface area contributed by atoms with Gasteiger partial charge in [-0.3, -0.25) is 4.98 Å². The number of nitriles is 1. The molecule has 1 aliphatic rings. The van der Waals surface area contributed by atoms with E-state index in [2.05, 4.69) is 20.3 Å². The Bertz CT molecular complexity index is 1490. The van der Waals surface area contributed by atoms with Crippen molar-refractivity contribution in [3.63, 3.8) is 0 Å². The third kappa shape index (κ3) is 4.87. The maximum absolute atomic E-state index is 15.1. The van der Waals surface area contributed by atoms with E-state index in [9.17, 15) is 4.39 Å². The van der Waals surface area contributed by atoms with Crippen molar-refractivity contribution in [2.24, 2.45) is 0 Å². The van der Waals surface area contributed by atoms with Crippen LogP contribution in [0.5, 0.6) is 0 Å². The van der Waals surface area contributed by atoms with Crippen LogP contribution in [0, 0.1) is 29.9 Å². The van der Waals surface area contributed by atoms with Gasteiger partial charge in [-0.25, -0.2) is 18.7 Å². The molecule has 0 spiro atoms. The summed E-state index contributed by atoms with van der Waals surface area (Å²) >= 11 is 6.56. The molecular weight excluding hydrogens is 503 g/mol. The first kappa shape index (κ1) is 24.5. The second kappa shape index (κ2) is 10.4. The molecule has 1 fully saturated rings. The Morgan fingerprint density at radius 1 is 1.11 bits per heavy atom.